The summed E-state index contributed by atoms with van der Waals surface area (Å²) in [6.07, 6.45) is -0.304. The molecule has 3 N–H and O–H groups in total. The summed E-state index contributed by atoms with van der Waals surface area (Å²) in [6.45, 7) is 6.29. The van der Waals surface area contributed by atoms with Crippen molar-refractivity contribution in [2.24, 2.45) is 0 Å². The van der Waals surface area contributed by atoms with Crippen molar-refractivity contribution in [2.75, 3.05) is 18.1 Å². The second-order valence-corrected chi connectivity index (χ2v) is 5.45. The number of nitrogen functional groups attached to an aromatic ring is 1. The molecule has 0 saturated heterocycles. The fraction of sp³-hybridized carbons (Fsp3) is 0.538. The predicted octanol–water partition coefficient (Wildman–Crippen LogP) is 2.46. The topological polar surface area (TPSA) is 55.5 Å². The second kappa shape index (κ2) is 6.89. The summed E-state index contributed by atoms with van der Waals surface area (Å²) in [5, 5.41) is 9.72. The number of aliphatic hydroxyl groups excluding tert-OH is 1. The van der Waals surface area contributed by atoms with E-state index in [1.54, 1.807) is 11.8 Å². The molecule has 0 spiro atoms. The van der Waals surface area contributed by atoms with Crippen molar-refractivity contribution in [1.82, 2.24) is 0 Å². The average Bonchev–Trinajstić information content (AvgIpc) is 2.25. The SMILES string of the molecule is Cc1ccc(SCC(O)COC(C)C)c(N)c1. The Hall–Kier alpha value is -0.710. The molecule has 0 aliphatic rings. The van der Waals surface area contributed by atoms with Crippen molar-refractivity contribution < 1.29 is 9.84 Å². The molecule has 1 unspecified atom stereocenters. The first-order valence-electron chi connectivity index (χ1n) is 5.77. The van der Waals surface area contributed by atoms with Crippen molar-refractivity contribution in [1.29, 1.82) is 0 Å². The number of rotatable bonds is 6. The highest BCUT2D eigenvalue weighted by molar-refractivity contribution is 7.99. The Bertz CT molecular complexity index is 355. The molecule has 1 rings (SSSR count). The summed E-state index contributed by atoms with van der Waals surface area (Å²) in [5.41, 5.74) is 7.82. The minimum absolute atomic E-state index is 0.152. The summed E-state index contributed by atoms with van der Waals surface area (Å²) in [6, 6.07) is 5.96. The number of hydrogen-bond donors (Lipinski definition) is 2. The lowest BCUT2D eigenvalue weighted by molar-refractivity contribution is 0.0152. The average molecular weight is 255 g/mol. The third-order valence-electron chi connectivity index (χ3n) is 2.22. The van der Waals surface area contributed by atoms with Crippen LogP contribution < -0.4 is 5.73 Å². The summed E-state index contributed by atoms with van der Waals surface area (Å²) < 4.78 is 5.35. The minimum Gasteiger partial charge on any atom is -0.398 e. The molecule has 17 heavy (non-hydrogen) atoms. The Labute approximate surface area is 107 Å². The van der Waals surface area contributed by atoms with E-state index in [4.69, 9.17) is 10.5 Å². The zero-order chi connectivity index (χ0) is 12.8. The Balaban J connectivity index is 2.39. The van der Waals surface area contributed by atoms with Crippen LogP contribution in [0.5, 0.6) is 0 Å². The highest BCUT2D eigenvalue weighted by Gasteiger charge is 2.08. The van der Waals surface area contributed by atoms with Gasteiger partial charge in [-0.15, -0.1) is 11.8 Å². The van der Waals surface area contributed by atoms with Crippen LogP contribution in [0.2, 0.25) is 0 Å². The fourth-order valence-corrected chi connectivity index (χ4v) is 2.19. The van der Waals surface area contributed by atoms with Gasteiger partial charge in [0.2, 0.25) is 0 Å². The molecule has 0 amide bonds. The van der Waals surface area contributed by atoms with Gasteiger partial charge in [-0.3, -0.25) is 0 Å². The molecule has 0 aliphatic carbocycles. The molecule has 3 nitrogen and oxygen atoms in total. The molecule has 1 aromatic carbocycles. The molecule has 0 aliphatic heterocycles. The number of anilines is 1. The third kappa shape index (κ3) is 5.44. The maximum absolute atomic E-state index is 9.72. The molecule has 1 aromatic rings. The molecule has 96 valence electrons. The summed E-state index contributed by atoms with van der Waals surface area (Å²) in [7, 11) is 0. The quantitative estimate of drug-likeness (QED) is 0.605. The standard InChI is InChI=1S/C13H21NO2S/c1-9(2)16-7-11(15)8-17-13-5-4-10(3)6-12(13)14/h4-6,9,11,15H,7-8,14H2,1-3H3. The Morgan fingerprint density at radius 3 is 2.71 bits per heavy atom. The van der Waals surface area contributed by atoms with Crippen LogP contribution in [0.4, 0.5) is 5.69 Å². The highest BCUT2D eigenvalue weighted by atomic mass is 32.2. The van der Waals surface area contributed by atoms with Gasteiger partial charge in [0.25, 0.3) is 0 Å². The zero-order valence-corrected chi connectivity index (χ0v) is 11.5. The van der Waals surface area contributed by atoms with Gasteiger partial charge < -0.3 is 15.6 Å². The van der Waals surface area contributed by atoms with Crippen LogP contribution in [-0.4, -0.2) is 29.7 Å². The summed E-state index contributed by atoms with van der Waals surface area (Å²) in [5.74, 6) is 0.597. The molecule has 0 saturated carbocycles. The van der Waals surface area contributed by atoms with Crippen LogP contribution in [0.1, 0.15) is 19.4 Å². The Kier molecular flexibility index (Phi) is 5.82. The Morgan fingerprint density at radius 2 is 2.12 bits per heavy atom. The maximum Gasteiger partial charge on any atom is 0.0867 e. The maximum atomic E-state index is 9.72. The van der Waals surface area contributed by atoms with Crippen molar-refractivity contribution in [3.63, 3.8) is 0 Å². The van der Waals surface area contributed by atoms with E-state index in [0.717, 1.165) is 16.1 Å². The lowest BCUT2D eigenvalue weighted by atomic mass is 10.2. The van der Waals surface area contributed by atoms with Gasteiger partial charge in [0.15, 0.2) is 0 Å². The normalized spacial score (nSPS) is 13.0. The molecule has 4 heteroatoms. The number of aliphatic hydroxyl groups is 1. The molecule has 0 bridgehead atoms. The van der Waals surface area contributed by atoms with Gasteiger partial charge in [0.05, 0.1) is 18.8 Å². The van der Waals surface area contributed by atoms with Crippen LogP contribution in [0, 0.1) is 6.92 Å². The highest BCUT2D eigenvalue weighted by Crippen LogP contribution is 2.26. The molecule has 0 heterocycles. The summed E-state index contributed by atoms with van der Waals surface area (Å²) >= 11 is 1.56. The number of nitrogens with two attached hydrogens (primary N) is 1. The molecule has 1 atom stereocenters. The van der Waals surface area contributed by atoms with E-state index in [1.165, 1.54) is 0 Å². The monoisotopic (exact) mass is 255 g/mol. The van der Waals surface area contributed by atoms with Gasteiger partial charge >= 0.3 is 0 Å². The lowest BCUT2D eigenvalue weighted by Crippen LogP contribution is -2.20. The number of benzene rings is 1. The van der Waals surface area contributed by atoms with E-state index < -0.39 is 6.10 Å². The predicted molar refractivity (Wildman–Crippen MR) is 73.4 cm³/mol. The second-order valence-electron chi connectivity index (χ2n) is 4.39. The van der Waals surface area contributed by atoms with E-state index >= 15 is 0 Å². The van der Waals surface area contributed by atoms with Crippen LogP contribution in [0.15, 0.2) is 23.1 Å². The van der Waals surface area contributed by atoms with E-state index in [1.807, 2.05) is 39.0 Å². The van der Waals surface area contributed by atoms with Crippen molar-refractivity contribution in [3.8, 4) is 0 Å². The lowest BCUT2D eigenvalue weighted by Gasteiger charge is -2.13. The first-order chi connectivity index (χ1) is 7.99. The summed E-state index contributed by atoms with van der Waals surface area (Å²) in [4.78, 5) is 1.01. The van der Waals surface area contributed by atoms with Gasteiger partial charge in [-0.05, 0) is 38.5 Å². The largest absolute Gasteiger partial charge is 0.398 e. The smallest absolute Gasteiger partial charge is 0.0867 e. The minimum atomic E-state index is -0.455. The van der Waals surface area contributed by atoms with Crippen molar-refractivity contribution >= 4 is 17.4 Å². The number of thioether (sulfide) groups is 1. The molecule has 0 fully saturated rings. The van der Waals surface area contributed by atoms with Crippen LogP contribution in [0.3, 0.4) is 0 Å². The van der Waals surface area contributed by atoms with E-state index in [9.17, 15) is 5.11 Å². The van der Waals surface area contributed by atoms with Crippen LogP contribution in [-0.2, 0) is 4.74 Å². The number of aryl methyl sites for hydroxylation is 1. The first kappa shape index (κ1) is 14.4. The van der Waals surface area contributed by atoms with E-state index in [2.05, 4.69) is 0 Å². The molecule has 0 aromatic heterocycles. The van der Waals surface area contributed by atoms with Crippen molar-refractivity contribution in [2.45, 2.75) is 37.9 Å². The van der Waals surface area contributed by atoms with E-state index in [-0.39, 0.29) is 6.10 Å². The van der Waals surface area contributed by atoms with Gasteiger partial charge in [0.1, 0.15) is 0 Å². The molecular formula is C13H21NO2S. The number of hydrogen-bond acceptors (Lipinski definition) is 4. The fourth-order valence-electron chi connectivity index (χ4n) is 1.34. The van der Waals surface area contributed by atoms with Crippen molar-refractivity contribution in [3.05, 3.63) is 23.8 Å². The van der Waals surface area contributed by atoms with Gasteiger partial charge in [-0.1, -0.05) is 6.07 Å². The van der Waals surface area contributed by atoms with Crippen LogP contribution >= 0.6 is 11.8 Å². The number of ether oxygens (including phenoxy) is 1. The van der Waals surface area contributed by atoms with E-state index in [0.29, 0.717) is 12.4 Å². The van der Waals surface area contributed by atoms with Gasteiger partial charge in [-0.2, -0.15) is 0 Å². The zero-order valence-electron chi connectivity index (χ0n) is 10.6. The molecule has 0 radical (unpaired) electrons. The van der Waals surface area contributed by atoms with Gasteiger partial charge in [-0.25, -0.2) is 0 Å². The van der Waals surface area contributed by atoms with Crippen LogP contribution in [0.25, 0.3) is 0 Å². The van der Waals surface area contributed by atoms with Gasteiger partial charge in [0, 0.05) is 16.3 Å². The first-order valence-corrected chi connectivity index (χ1v) is 6.76. The Morgan fingerprint density at radius 1 is 1.41 bits per heavy atom. The molecular weight excluding hydrogens is 234 g/mol. The third-order valence-corrected chi connectivity index (χ3v) is 3.45.